The molecule has 0 radical (unpaired) electrons. The highest BCUT2D eigenvalue weighted by atomic mass is 16.3. The van der Waals surface area contributed by atoms with Crippen molar-refractivity contribution in [1.82, 2.24) is 4.57 Å². The number of hydrogen-bond donors (Lipinski definition) is 0. The van der Waals surface area contributed by atoms with Crippen molar-refractivity contribution in [3.8, 4) is 50.2 Å². The van der Waals surface area contributed by atoms with E-state index < -0.39 is 0 Å². The highest BCUT2D eigenvalue weighted by molar-refractivity contribution is 6.10. The Hall–Kier alpha value is -8.40. The largest absolute Gasteiger partial charge is 0.455 e. The number of aryl methyl sites for hydroxylation is 1. The van der Waals surface area contributed by atoms with Crippen molar-refractivity contribution in [2.75, 3.05) is 4.90 Å². The van der Waals surface area contributed by atoms with E-state index in [4.69, 9.17) is 4.42 Å². The standard InChI is InChI=1S/C62H44N2O/c1-2-42-18-20-43(21-19-42)44-22-24-45(25-23-44)46-26-34-50(35-27-46)63(52-40-32-49(33-41-52)54-13-9-14-58-57-12-5-8-17-61(57)65-62(54)58)51-36-28-47(29-37-51)48-30-38-53(39-31-48)64-59-15-6-3-10-55(59)56-11-4-7-16-60(56)64/h3-41H,2H2,1H3. The van der Waals surface area contributed by atoms with Gasteiger partial charge in [0, 0.05) is 49.9 Å². The first-order valence-corrected chi connectivity index (χ1v) is 22.5. The zero-order valence-electron chi connectivity index (χ0n) is 36.0. The summed E-state index contributed by atoms with van der Waals surface area (Å²) in [4.78, 5) is 2.34. The molecule has 0 atom stereocenters. The van der Waals surface area contributed by atoms with E-state index in [2.05, 4.69) is 241 Å². The van der Waals surface area contributed by atoms with Gasteiger partial charge in [-0.2, -0.15) is 0 Å². The van der Waals surface area contributed by atoms with Gasteiger partial charge in [-0.25, -0.2) is 0 Å². The summed E-state index contributed by atoms with van der Waals surface area (Å²) in [5, 5.41) is 4.80. The molecule has 3 heteroatoms. The van der Waals surface area contributed by atoms with Gasteiger partial charge in [0.2, 0.25) is 0 Å². The monoisotopic (exact) mass is 832 g/mol. The predicted octanol–water partition coefficient (Wildman–Crippen LogP) is 17.4. The first kappa shape index (κ1) is 38.3. The van der Waals surface area contributed by atoms with Crippen LogP contribution in [-0.4, -0.2) is 4.57 Å². The van der Waals surface area contributed by atoms with Gasteiger partial charge in [-0.05, 0) is 118 Å². The van der Waals surface area contributed by atoms with Gasteiger partial charge in [-0.1, -0.05) is 177 Å². The van der Waals surface area contributed by atoms with Crippen molar-refractivity contribution in [1.29, 1.82) is 0 Å². The first-order valence-electron chi connectivity index (χ1n) is 22.5. The molecule has 3 nitrogen and oxygen atoms in total. The van der Waals surface area contributed by atoms with Crippen molar-refractivity contribution < 1.29 is 4.42 Å². The molecule has 0 saturated heterocycles. The second-order valence-electron chi connectivity index (χ2n) is 16.8. The van der Waals surface area contributed by atoms with Crippen LogP contribution in [0.3, 0.4) is 0 Å². The molecule has 0 bridgehead atoms. The van der Waals surface area contributed by atoms with Crippen LogP contribution in [0.2, 0.25) is 0 Å². The fraction of sp³-hybridized carbons (Fsp3) is 0.0323. The Balaban J connectivity index is 0.879. The molecule has 308 valence electrons. The zero-order chi connectivity index (χ0) is 43.3. The fourth-order valence-electron chi connectivity index (χ4n) is 9.61. The fourth-order valence-corrected chi connectivity index (χ4v) is 9.61. The van der Waals surface area contributed by atoms with Crippen LogP contribution in [0.25, 0.3) is 93.9 Å². The number of nitrogens with zero attached hydrogens (tertiary/aromatic N) is 2. The maximum atomic E-state index is 6.43. The topological polar surface area (TPSA) is 21.3 Å². The molecular weight excluding hydrogens is 789 g/mol. The third-order valence-electron chi connectivity index (χ3n) is 13.0. The lowest BCUT2D eigenvalue weighted by Crippen LogP contribution is -2.09. The summed E-state index contributed by atoms with van der Waals surface area (Å²) in [6.07, 6.45) is 1.05. The molecule has 12 aromatic rings. The summed E-state index contributed by atoms with van der Waals surface area (Å²) < 4.78 is 8.80. The molecular formula is C62H44N2O. The van der Waals surface area contributed by atoms with Crippen molar-refractivity contribution >= 4 is 60.8 Å². The predicted molar refractivity (Wildman–Crippen MR) is 274 cm³/mol. The molecule has 0 fully saturated rings. The molecule has 2 heterocycles. The van der Waals surface area contributed by atoms with Crippen LogP contribution in [0, 0.1) is 0 Å². The second-order valence-corrected chi connectivity index (χ2v) is 16.8. The summed E-state index contributed by atoms with van der Waals surface area (Å²) in [5.41, 5.74) is 19.3. The molecule has 0 aliphatic heterocycles. The average molecular weight is 833 g/mol. The van der Waals surface area contributed by atoms with E-state index in [1.54, 1.807) is 0 Å². The number of furan rings is 1. The quantitative estimate of drug-likeness (QED) is 0.144. The van der Waals surface area contributed by atoms with Crippen molar-refractivity contribution in [2.24, 2.45) is 0 Å². The molecule has 12 rings (SSSR count). The van der Waals surface area contributed by atoms with Gasteiger partial charge in [0.1, 0.15) is 11.2 Å². The lowest BCUT2D eigenvalue weighted by atomic mass is 9.99. The van der Waals surface area contributed by atoms with E-state index >= 15 is 0 Å². The summed E-state index contributed by atoms with van der Waals surface area (Å²) in [6, 6.07) is 85.5. The van der Waals surface area contributed by atoms with Gasteiger partial charge < -0.3 is 13.9 Å². The van der Waals surface area contributed by atoms with E-state index in [0.717, 1.165) is 67.8 Å². The Bertz CT molecular complexity index is 3580. The number of aromatic nitrogens is 1. The molecule has 2 aromatic heterocycles. The van der Waals surface area contributed by atoms with Gasteiger partial charge >= 0.3 is 0 Å². The van der Waals surface area contributed by atoms with Crippen LogP contribution in [0.1, 0.15) is 12.5 Å². The summed E-state index contributed by atoms with van der Waals surface area (Å²) in [7, 11) is 0. The van der Waals surface area contributed by atoms with E-state index in [0.29, 0.717) is 0 Å². The van der Waals surface area contributed by atoms with Gasteiger partial charge in [-0.3, -0.25) is 0 Å². The van der Waals surface area contributed by atoms with Crippen LogP contribution in [0.5, 0.6) is 0 Å². The van der Waals surface area contributed by atoms with Gasteiger partial charge in [0.15, 0.2) is 0 Å². The smallest absolute Gasteiger partial charge is 0.143 e. The highest BCUT2D eigenvalue weighted by Crippen LogP contribution is 2.41. The maximum absolute atomic E-state index is 6.43. The summed E-state index contributed by atoms with van der Waals surface area (Å²) in [5.74, 6) is 0. The molecule has 0 unspecified atom stereocenters. The van der Waals surface area contributed by atoms with Crippen LogP contribution >= 0.6 is 0 Å². The Morgan fingerprint density at radius 1 is 0.354 bits per heavy atom. The molecule has 0 aliphatic carbocycles. The average Bonchev–Trinajstić information content (AvgIpc) is 3.94. The van der Waals surface area contributed by atoms with E-state index in [1.165, 1.54) is 55.2 Å². The van der Waals surface area contributed by atoms with E-state index in [9.17, 15) is 0 Å². The molecule has 0 saturated carbocycles. The van der Waals surface area contributed by atoms with E-state index in [-0.39, 0.29) is 0 Å². The minimum Gasteiger partial charge on any atom is -0.455 e. The molecule has 0 aliphatic rings. The number of anilines is 3. The normalized spacial score (nSPS) is 11.5. The van der Waals surface area contributed by atoms with Crippen LogP contribution in [0.15, 0.2) is 241 Å². The Labute approximate surface area is 378 Å². The van der Waals surface area contributed by atoms with E-state index in [1.807, 2.05) is 12.1 Å². The minimum absolute atomic E-state index is 0.904. The number of para-hydroxylation sites is 4. The number of fused-ring (bicyclic) bond motifs is 6. The number of benzene rings is 10. The van der Waals surface area contributed by atoms with Gasteiger partial charge in [0.25, 0.3) is 0 Å². The zero-order valence-corrected chi connectivity index (χ0v) is 36.0. The Kier molecular flexibility index (Phi) is 9.46. The van der Waals surface area contributed by atoms with Crippen LogP contribution < -0.4 is 4.90 Å². The van der Waals surface area contributed by atoms with Crippen molar-refractivity contribution in [2.45, 2.75) is 13.3 Å². The number of rotatable bonds is 9. The summed E-state index contributed by atoms with van der Waals surface area (Å²) >= 11 is 0. The van der Waals surface area contributed by atoms with Crippen molar-refractivity contribution in [3.05, 3.63) is 242 Å². The number of hydrogen-bond acceptors (Lipinski definition) is 2. The molecule has 0 amide bonds. The van der Waals surface area contributed by atoms with Crippen molar-refractivity contribution in [3.63, 3.8) is 0 Å². The molecule has 10 aromatic carbocycles. The highest BCUT2D eigenvalue weighted by Gasteiger charge is 2.17. The third-order valence-corrected chi connectivity index (χ3v) is 13.0. The van der Waals surface area contributed by atoms with Crippen LogP contribution in [0.4, 0.5) is 17.1 Å². The maximum Gasteiger partial charge on any atom is 0.143 e. The van der Waals surface area contributed by atoms with Gasteiger partial charge in [-0.15, -0.1) is 0 Å². The Morgan fingerprint density at radius 3 is 1.26 bits per heavy atom. The molecule has 0 N–H and O–H groups in total. The first-order chi connectivity index (χ1) is 32.2. The molecule has 0 spiro atoms. The minimum atomic E-state index is 0.904. The second kappa shape index (κ2) is 16.1. The SMILES string of the molecule is CCc1ccc(-c2ccc(-c3ccc(N(c4ccc(-c5ccc(-n6c7ccccc7c7ccccc76)cc5)cc4)c4ccc(-c5cccc6c5oc5ccccc56)cc4)cc3)cc2)cc1. The van der Waals surface area contributed by atoms with Crippen LogP contribution in [-0.2, 0) is 6.42 Å². The summed E-state index contributed by atoms with van der Waals surface area (Å²) in [6.45, 7) is 2.19. The molecule has 65 heavy (non-hydrogen) atoms. The Morgan fingerprint density at radius 2 is 0.754 bits per heavy atom. The third kappa shape index (κ3) is 6.86. The lowest BCUT2D eigenvalue weighted by molar-refractivity contribution is 0.670. The van der Waals surface area contributed by atoms with Gasteiger partial charge in [0.05, 0.1) is 11.0 Å². The lowest BCUT2D eigenvalue weighted by Gasteiger charge is -2.26.